The summed E-state index contributed by atoms with van der Waals surface area (Å²) >= 11 is 1.61. The first-order valence-corrected chi connectivity index (χ1v) is 13.7. The number of rotatable bonds is 5. The van der Waals surface area contributed by atoms with E-state index in [2.05, 4.69) is 10.2 Å². The van der Waals surface area contributed by atoms with Crippen LogP contribution in [-0.4, -0.2) is 61.1 Å². The minimum Gasteiger partial charge on any atom is -0.358 e. The number of thioether (sulfide) groups is 1. The van der Waals surface area contributed by atoms with E-state index in [0.29, 0.717) is 16.9 Å². The number of fused-ring (bicyclic) bond motifs is 3. The third kappa shape index (κ3) is 4.89. The number of likely N-dealkylation sites (tertiary alicyclic amines) is 1. The first kappa shape index (κ1) is 23.7. The zero-order valence-corrected chi connectivity index (χ0v) is 21.0. The average Bonchev–Trinajstić information content (AvgIpc) is 2.91. The van der Waals surface area contributed by atoms with Crippen molar-refractivity contribution in [3.8, 4) is 0 Å². The standard InChI is InChI=1S/C27H32N4O3S/c1-35-21-9-7-8-20(17-21)28-25(32)18-31-24-16-19(26(33)29-13-4-2-5-14-29)11-12-22(24)30-15-6-3-10-23(30)27(31)34/h7-9,11-12,16-17,23H,2-6,10,13-15,18H2,1H3,(H,28,32). The van der Waals surface area contributed by atoms with E-state index in [4.69, 9.17) is 0 Å². The van der Waals surface area contributed by atoms with Crippen molar-refractivity contribution in [2.75, 3.05) is 47.6 Å². The van der Waals surface area contributed by atoms with Gasteiger partial charge in [-0.1, -0.05) is 6.07 Å². The normalized spacial score (nSPS) is 19.7. The van der Waals surface area contributed by atoms with Gasteiger partial charge in [0.05, 0.1) is 11.4 Å². The van der Waals surface area contributed by atoms with Crippen LogP contribution in [0.5, 0.6) is 0 Å². The zero-order valence-electron chi connectivity index (χ0n) is 20.2. The van der Waals surface area contributed by atoms with Gasteiger partial charge < -0.3 is 15.1 Å². The smallest absolute Gasteiger partial charge is 0.253 e. The van der Waals surface area contributed by atoms with E-state index in [0.717, 1.165) is 68.7 Å². The molecule has 3 aliphatic heterocycles. The molecule has 7 nitrogen and oxygen atoms in total. The van der Waals surface area contributed by atoms with Gasteiger partial charge in [-0.2, -0.15) is 0 Å². The van der Waals surface area contributed by atoms with E-state index in [1.54, 1.807) is 16.7 Å². The molecule has 1 atom stereocenters. The van der Waals surface area contributed by atoms with Crippen molar-refractivity contribution in [3.63, 3.8) is 0 Å². The van der Waals surface area contributed by atoms with Crippen LogP contribution in [0.25, 0.3) is 0 Å². The number of carbonyl (C=O) groups excluding carboxylic acids is 3. The van der Waals surface area contributed by atoms with Gasteiger partial charge in [-0.15, -0.1) is 11.8 Å². The monoisotopic (exact) mass is 492 g/mol. The molecule has 2 aromatic carbocycles. The average molecular weight is 493 g/mol. The minimum atomic E-state index is -0.257. The molecule has 1 unspecified atom stereocenters. The van der Waals surface area contributed by atoms with Crippen molar-refractivity contribution in [2.45, 2.75) is 49.5 Å². The summed E-state index contributed by atoms with van der Waals surface area (Å²) in [6.07, 6.45) is 7.99. The number of hydrogen-bond acceptors (Lipinski definition) is 5. The predicted octanol–water partition coefficient (Wildman–Crippen LogP) is 4.38. The molecule has 0 radical (unpaired) electrons. The van der Waals surface area contributed by atoms with E-state index in [-0.39, 0.29) is 30.3 Å². The zero-order chi connectivity index (χ0) is 24.4. The molecule has 3 amide bonds. The van der Waals surface area contributed by atoms with Gasteiger partial charge in [0.15, 0.2) is 0 Å². The predicted molar refractivity (Wildman–Crippen MR) is 140 cm³/mol. The summed E-state index contributed by atoms with van der Waals surface area (Å²) < 4.78 is 0. The molecule has 2 saturated heterocycles. The molecule has 5 rings (SSSR count). The highest BCUT2D eigenvalue weighted by atomic mass is 32.2. The number of nitrogens with zero attached hydrogens (tertiary/aromatic N) is 3. The van der Waals surface area contributed by atoms with Crippen LogP contribution in [0.4, 0.5) is 17.1 Å². The van der Waals surface area contributed by atoms with Crippen molar-refractivity contribution >= 4 is 46.5 Å². The van der Waals surface area contributed by atoms with Crippen LogP contribution < -0.4 is 15.1 Å². The summed E-state index contributed by atoms with van der Waals surface area (Å²) in [5, 5.41) is 2.94. The van der Waals surface area contributed by atoms with Gasteiger partial charge in [0.25, 0.3) is 5.91 Å². The molecule has 3 heterocycles. The third-order valence-corrected chi connectivity index (χ3v) is 7.90. The summed E-state index contributed by atoms with van der Waals surface area (Å²) in [5.74, 6) is -0.314. The molecule has 0 spiro atoms. The lowest BCUT2D eigenvalue weighted by atomic mass is 9.95. The van der Waals surface area contributed by atoms with Gasteiger partial charge in [-0.3, -0.25) is 19.3 Å². The van der Waals surface area contributed by atoms with Gasteiger partial charge in [0, 0.05) is 35.8 Å². The highest BCUT2D eigenvalue weighted by Crippen LogP contribution is 2.40. The Kier molecular flexibility index (Phi) is 7.00. The largest absolute Gasteiger partial charge is 0.358 e. The molecular formula is C27H32N4O3S. The lowest BCUT2D eigenvalue weighted by Gasteiger charge is -2.45. The van der Waals surface area contributed by atoms with Crippen LogP contribution >= 0.6 is 11.8 Å². The molecule has 184 valence electrons. The van der Waals surface area contributed by atoms with Gasteiger partial charge in [0.2, 0.25) is 11.8 Å². The second-order valence-corrected chi connectivity index (χ2v) is 10.3. The Hall–Kier alpha value is -3.00. The van der Waals surface area contributed by atoms with Crippen molar-refractivity contribution in [1.82, 2.24) is 4.90 Å². The molecule has 1 N–H and O–H groups in total. The topological polar surface area (TPSA) is 73.0 Å². The highest BCUT2D eigenvalue weighted by molar-refractivity contribution is 7.98. The lowest BCUT2D eigenvalue weighted by molar-refractivity contribution is -0.123. The van der Waals surface area contributed by atoms with Crippen LogP contribution in [-0.2, 0) is 9.59 Å². The van der Waals surface area contributed by atoms with Crippen LogP contribution in [0.1, 0.15) is 48.9 Å². The number of amides is 3. The van der Waals surface area contributed by atoms with Gasteiger partial charge in [0.1, 0.15) is 12.6 Å². The molecule has 0 saturated carbocycles. The van der Waals surface area contributed by atoms with Crippen LogP contribution in [0, 0.1) is 0 Å². The Morgan fingerprint density at radius 3 is 2.57 bits per heavy atom. The summed E-state index contributed by atoms with van der Waals surface area (Å²) in [7, 11) is 0. The molecule has 2 fully saturated rings. The number of benzene rings is 2. The van der Waals surface area contributed by atoms with E-state index >= 15 is 0 Å². The Bertz CT molecular complexity index is 1130. The van der Waals surface area contributed by atoms with Gasteiger partial charge in [-0.05, 0) is 81.2 Å². The lowest BCUT2D eigenvalue weighted by Crippen LogP contribution is -2.56. The maximum Gasteiger partial charge on any atom is 0.253 e. The van der Waals surface area contributed by atoms with Gasteiger partial charge in [-0.25, -0.2) is 0 Å². The van der Waals surface area contributed by atoms with E-state index < -0.39 is 0 Å². The van der Waals surface area contributed by atoms with Crippen molar-refractivity contribution < 1.29 is 14.4 Å². The first-order valence-electron chi connectivity index (χ1n) is 12.5. The quantitative estimate of drug-likeness (QED) is 0.627. The van der Waals surface area contributed by atoms with Crippen molar-refractivity contribution in [2.24, 2.45) is 0 Å². The molecule has 0 aromatic heterocycles. The second kappa shape index (κ2) is 10.3. The Labute approximate surface area is 210 Å². The molecule has 2 aromatic rings. The van der Waals surface area contributed by atoms with E-state index in [1.165, 1.54) is 0 Å². The maximum absolute atomic E-state index is 13.6. The summed E-state index contributed by atoms with van der Waals surface area (Å²) in [5.41, 5.74) is 2.87. The fourth-order valence-corrected chi connectivity index (χ4v) is 5.84. The summed E-state index contributed by atoms with van der Waals surface area (Å²) in [4.78, 5) is 46.6. The molecule has 0 bridgehead atoms. The third-order valence-electron chi connectivity index (χ3n) is 7.17. The number of piperidine rings is 2. The molecule has 3 aliphatic rings. The molecule has 8 heteroatoms. The minimum absolute atomic E-state index is 0.000927. The Morgan fingerprint density at radius 1 is 0.971 bits per heavy atom. The second-order valence-electron chi connectivity index (χ2n) is 9.47. The highest BCUT2D eigenvalue weighted by Gasteiger charge is 2.40. The number of nitrogens with one attached hydrogen (secondary N) is 1. The maximum atomic E-state index is 13.6. The first-order chi connectivity index (χ1) is 17.0. The van der Waals surface area contributed by atoms with Crippen LogP contribution in [0.2, 0.25) is 0 Å². The van der Waals surface area contributed by atoms with Crippen LogP contribution in [0.15, 0.2) is 47.4 Å². The fourth-order valence-electron chi connectivity index (χ4n) is 5.38. The summed E-state index contributed by atoms with van der Waals surface area (Å²) in [6.45, 7) is 2.26. The number of hydrogen-bond donors (Lipinski definition) is 1. The van der Waals surface area contributed by atoms with Crippen molar-refractivity contribution in [1.29, 1.82) is 0 Å². The number of carbonyl (C=O) groups is 3. The molecular weight excluding hydrogens is 460 g/mol. The Morgan fingerprint density at radius 2 is 1.77 bits per heavy atom. The number of anilines is 3. The molecule has 35 heavy (non-hydrogen) atoms. The SMILES string of the molecule is CSc1cccc(NC(=O)CN2C(=O)C3CCCCN3c3ccc(C(=O)N4CCCCC4)cc32)c1. The van der Waals surface area contributed by atoms with Gasteiger partial charge >= 0.3 is 0 Å². The van der Waals surface area contributed by atoms with Crippen LogP contribution in [0.3, 0.4) is 0 Å². The van der Waals surface area contributed by atoms with E-state index in [1.807, 2.05) is 53.6 Å². The van der Waals surface area contributed by atoms with E-state index in [9.17, 15) is 14.4 Å². The molecule has 0 aliphatic carbocycles. The van der Waals surface area contributed by atoms with Crippen molar-refractivity contribution in [3.05, 3.63) is 48.0 Å². The summed E-state index contributed by atoms with van der Waals surface area (Å²) in [6, 6.07) is 13.1. The fraction of sp³-hybridized carbons (Fsp3) is 0.444. The Balaban J connectivity index is 1.44.